The Morgan fingerprint density at radius 2 is 2.04 bits per heavy atom. The second-order valence-corrected chi connectivity index (χ2v) is 6.44. The summed E-state index contributed by atoms with van der Waals surface area (Å²) >= 11 is 6.16. The van der Waals surface area contributed by atoms with Gasteiger partial charge >= 0.3 is 0 Å². The second kappa shape index (κ2) is 7.91. The summed E-state index contributed by atoms with van der Waals surface area (Å²) in [4.78, 5) is 17.2. The van der Waals surface area contributed by atoms with Crippen LogP contribution in [0.4, 0.5) is 0 Å². The molecule has 1 spiro atoms. The minimum Gasteiger partial charge on any atom is -0.495 e. The molecule has 2 fully saturated rings. The van der Waals surface area contributed by atoms with Crippen molar-refractivity contribution in [2.75, 3.05) is 39.9 Å². The molecule has 0 aliphatic carbocycles. The summed E-state index contributed by atoms with van der Waals surface area (Å²) in [5.74, 6) is 0.559. The molecule has 1 amide bonds. The Morgan fingerprint density at radius 3 is 2.62 bits per heavy atom. The minimum atomic E-state index is -0.449. The summed E-state index contributed by atoms with van der Waals surface area (Å²) in [7, 11) is 1.56. The lowest BCUT2D eigenvalue weighted by Gasteiger charge is -2.43. The summed E-state index contributed by atoms with van der Waals surface area (Å²) in [5.41, 5.74) is 0.133. The predicted molar refractivity (Wildman–Crippen MR) is 96.3 cm³/mol. The Hall–Kier alpha value is -1.01. The first-order valence-corrected chi connectivity index (χ1v) is 8.49. The summed E-state index contributed by atoms with van der Waals surface area (Å²) in [6.45, 7) is 6.36. The molecule has 0 aromatic heterocycles. The quantitative estimate of drug-likeness (QED) is 0.815. The van der Waals surface area contributed by atoms with Crippen molar-refractivity contribution in [2.45, 2.75) is 25.5 Å². The van der Waals surface area contributed by atoms with Crippen LogP contribution in [-0.2, 0) is 4.74 Å². The van der Waals surface area contributed by atoms with Crippen molar-refractivity contribution in [2.24, 2.45) is 0 Å². The van der Waals surface area contributed by atoms with Crippen molar-refractivity contribution in [1.82, 2.24) is 9.80 Å². The van der Waals surface area contributed by atoms with E-state index < -0.39 is 5.72 Å². The molecular formula is C17H24Cl2N2O3. The molecule has 0 N–H and O–H groups in total. The largest absolute Gasteiger partial charge is 0.495 e. The van der Waals surface area contributed by atoms with E-state index in [4.69, 9.17) is 21.1 Å². The van der Waals surface area contributed by atoms with E-state index in [9.17, 15) is 4.79 Å². The first kappa shape index (κ1) is 19.3. The van der Waals surface area contributed by atoms with Crippen LogP contribution in [0.2, 0.25) is 5.02 Å². The first-order valence-electron chi connectivity index (χ1n) is 8.11. The van der Waals surface area contributed by atoms with E-state index >= 15 is 0 Å². The van der Waals surface area contributed by atoms with Gasteiger partial charge < -0.3 is 19.3 Å². The van der Waals surface area contributed by atoms with Gasteiger partial charge in [-0.05, 0) is 24.7 Å². The fraction of sp³-hybridized carbons (Fsp3) is 0.588. The minimum absolute atomic E-state index is 0. The van der Waals surface area contributed by atoms with Crippen LogP contribution in [-0.4, -0.2) is 61.3 Å². The number of halogens is 2. The molecule has 0 unspecified atom stereocenters. The molecule has 7 heteroatoms. The maximum atomic E-state index is 13.0. The molecule has 0 bridgehead atoms. The number of carbonyl (C=O) groups is 1. The molecule has 134 valence electrons. The van der Waals surface area contributed by atoms with Gasteiger partial charge in [-0.1, -0.05) is 18.5 Å². The number of rotatable bonds is 3. The lowest BCUT2D eigenvalue weighted by molar-refractivity contribution is -0.104. The molecular weight excluding hydrogens is 351 g/mol. The molecule has 2 heterocycles. The summed E-state index contributed by atoms with van der Waals surface area (Å²) < 4.78 is 11.2. The fourth-order valence-electron chi connectivity index (χ4n) is 3.48. The smallest absolute Gasteiger partial charge is 0.256 e. The van der Waals surface area contributed by atoms with Gasteiger partial charge in [0.05, 0.1) is 18.7 Å². The van der Waals surface area contributed by atoms with E-state index in [-0.39, 0.29) is 18.3 Å². The summed E-state index contributed by atoms with van der Waals surface area (Å²) in [6, 6.07) is 5.18. The molecule has 0 radical (unpaired) electrons. The number of methoxy groups -OCH3 is 1. The molecule has 2 saturated heterocycles. The third-order valence-electron chi connectivity index (χ3n) is 4.91. The zero-order valence-corrected chi connectivity index (χ0v) is 15.7. The number of likely N-dealkylation sites (tertiary alicyclic amines) is 1. The van der Waals surface area contributed by atoms with Gasteiger partial charge in [-0.3, -0.25) is 4.79 Å². The van der Waals surface area contributed by atoms with Gasteiger partial charge in [-0.2, -0.15) is 0 Å². The van der Waals surface area contributed by atoms with Crippen LogP contribution in [0.15, 0.2) is 18.2 Å². The Bertz CT molecular complexity index is 589. The topological polar surface area (TPSA) is 42.0 Å². The van der Waals surface area contributed by atoms with Crippen LogP contribution in [0.25, 0.3) is 0 Å². The van der Waals surface area contributed by atoms with E-state index in [1.807, 2.05) is 4.90 Å². The average Bonchev–Trinajstić information content (AvgIpc) is 2.98. The summed E-state index contributed by atoms with van der Waals surface area (Å²) in [6.07, 6.45) is 1.72. The highest BCUT2D eigenvalue weighted by Gasteiger charge is 2.46. The lowest BCUT2D eigenvalue weighted by atomic mass is 9.98. The van der Waals surface area contributed by atoms with E-state index in [2.05, 4.69) is 11.8 Å². The van der Waals surface area contributed by atoms with Crippen molar-refractivity contribution in [1.29, 1.82) is 0 Å². The number of amides is 1. The van der Waals surface area contributed by atoms with Gasteiger partial charge in [-0.25, -0.2) is 0 Å². The first-order chi connectivity index (χ1) is 11.1. The third kappa shape index (κ3) is 3.49. The second-order valence-electron chi connectivity index (χ2n) is 6.04. The van der Waals surface area contributed by atoms with E-state index in [0.717, 1.165) is 32.5 Å². The van der Waals surface area contributed by atoms with Crippen molar-refractivity contribution in [3.05, 3.63) is 28.8 Å². The zero-order chi connectivity index (χ0) is 16.4. The van der Waals surface area contributed by atoms with E-state index in [0.29, 0.717) is 29.5 Å². The Morgan fingerprint density at radius 1 is 1.33 bits per heavy atom. The van der Waals surface area contributed by atoms with Gasteiger partial charge in [0.1, 0.15) is 11.5 Å². The third-order valence-corrected chi connectivity index (χ3v) is 5.20. The van der Waals surface area contributed by atoms with Gasteiger partial charge in [0.25, 0.3) is 5.91 Å². The van der Waals surface area contributed by atoms with Crippen LogP contribution >= 0.6 is 24.0 Å². The number of benzene rings is 1. The highest BCUT2D eigenvalue weighted by atomic mass is 35.5. The molecule has 1 aromatic carbocycles. The number of carbonyl (C=O) groups excluding carboxylic acids is 1. The molecule has 2 aliphatic rings. The normalized spacial score (nSPS) is 20.0. The maximum Gasteiger partial charge on any atom is 0.256 e. The maximum absolute atomic E-state index is 13.0. The Labute approximate surface area is 154 Å². The van der Waals surface area contributed by atoms with Crippen LogP contribution in [0.5, 0.6) is 5.75 Å². The van der Waals surface area contributed by atoms with Gasteiger partial charge in [0.15, 0.2) is 0 Å². The van der Waals surface area contributed by atoms with Crippen LogP contribution in [0, 0.1) is 0 Å². The molecule has 1 aromatic rings. The Balaban J connectivity index is 0.00000208. The van der Waals surface area contributed by atoms with Crippen molar-refractivity contribution in [3.8, 4) is 5.75 Å². The number of hydrogen-bond donors (Lipinski definition) is 0. The van der Waals surface area contributed by atoms with E-state index in [1.165, 1.54) is 0 Å². The number of hydrogen-bond acceptors (Lipinski definition) is 4. The van der Waals surface area contributed by atoms with Gasteiger partial charge in [-0.15, -0.1) is 12.4 Å². The summed E-state index contributed by atoms with van der Waals surface area (Å²) in [5, 5.41) is 0.452. The zero-order valence-electron chi connectivity index (χ0n) is 14.1. The predicted octanol–water partition coefficient (Wildman–Crippen LogP) is 3.05. The van der Waals surface area contributed by atoms with Crippen LogP contribution in [0.1, 0.15) is 30.1 Å². The van der Waals surface area contributed by atoms with Crippen LogP contribution in [0.3, 0.4) is 0 Å². The highest BCUT2D eigenvalue weighted by molar-refractivity contribution is 6.32. The Kier molecular flexibility index (Phi) is 6.37. The van der Waals surface area contributed by atoms with Crippen molar-refractivity contribution >= 4 is 29.9 Å². The number of ether oxygens (including phenoxy) is 2. The molecule has 5 nitrogen and oxygen atoms in total. The lowest BCUT2D eigenvalue weighted by Crippen LogP contribution is -2.54. The SMILES string of the molecule is CCN1CCC2(CC1)OCCN2C(=O)c1ccc(OC)c(Cl)c1.Cl. The van der Waals surface area contributed by atoms with Crippen molar-refractivity contribution < 1.29 is 14.3 Å². The molecule has 0 saturated carbocycles. The van der Waals surface area contributed by atoms with Gasteiger partial charge in [0.2, 0.25) is 0 Å². The molecule has 24 heavy (non-hydrogen) atoms. The standard InChI is InChI=1S/C17H23ClN2O3.ClH/c1-3-19-8-6-17(7-9-19)20(10-11-23-17)16(21)13-4-5-15(22-2)14(18)12-13;/h4-5,12H,3,6-11H2,1-2H3;1H. The van der Waals surface area contributed by atoms with Crippen LogP contribution < -0.4 is 4.74 Å². The van der Waals surface area contributed by atoms with E-state index in [1.54, 1.807) is 25.3 Å². The molecule has 2 aliphatic heterocycles. The molecule has 0 atom stereocenters. The number of nitrogens with zero attached hydrogens (tertiary/aromatic N) is 2. The fourth-order valence-corrected chi connectivity index (χ4v) is 3.74. The molecule has 3 rings (SSSR count). The number of piperidine rings is 1. The monoisotopic (exact) mass is 374 g/mol. The van der Waals surface area contributed by atoms with Gasteiger partial charge in [0, 0.05) is 38.0 Å². The average molecular weight is 375 g/mol. The highest BCUT2D eigenvalue weighted by Crippen LogP contribution is 2.36. The van der Waals surface area contributed by atoms with Crippen molar-refractivity contribution in [3.63, 3.8) is 0 Å².